The lowest BCUT2D eigenvalue weighted by Gasteiger charge is -2.18. The first-order chi connectivity index (χ1) is 8.97. The van der Waals surface area contributed by atoms with E-state index < -0.39 is 0 Å². The van der Waals surface area contributed by atoms with E-state index in [9.17, 15) is 4.79 Å². The van der Waals surface area contributed by atoms with Gasteiger partial charge in [0.25, 0.3) is 0 Å². The summed E-state index contributed by atoms with van der Waals surface area (Å²) in [6.07, 6.45) is 4.96. The maximum atomic E-state index is 11.5. The smallest absolute Gasteiger partial charge is 0.314 e. The second-order valence-electron chi connectivity index (χ2n) is 5.77. The molecule has 3 nitrogen and oxygen atoms in total. The van der Waals surface area contributed by atoms with Gasteiger partial charge in [-0.3, -0.25) is 0 Å². The molecule has 0 spiro atoms. The number of urea groups is 1. The summed E-state index contributed by atoms with van der Waals surface area (Å²) >= 11 is 0. The molecule has 0 heterocycles. The molecule has 0 aliphatic heterocycles. The van der Waals surface area contributed by atoms with Crippen molar-refractivity contribution in [3.05, 3.63) is 42.0 Å². The van der Waals surface area contributed by atoms with Crippen LogP contribution in [0.2, 0.25) is 0 Å². The molecule has 0 radical (unpaired) electrons. The molecule has 0 fully saturated rings. The largest absolute Gasteiger partial charge is 0.338 e. The maximum absolute atomic E-state index is 11.5. The molecule has 0 atom stereocenters. The number of rotatable bonds is 5. The molecule has 0 aliphatic rings. The molecule has 0 saturated heterocycles. The van der Waals surface area contributed by atoms with E-state index in [1.54, 1.807) is 0 Å². The molecule has 2 N–H and O–H groups in total. The zero-order valence-electron chi connectivity index (χ0n) is 12.1. The summed E-state index contributed by atoms with van der Waals surface area (Å²) in [4.78, 5) is 11.5. The number of carbonyl (C=O) groups excluding carboxylic acids is 1. The first-order valence-corrected chi connectivity index (χ1v) is 6.71. The fourth-order valence-corrected chi connectivity index (χ4v) is 1.46. The lowest BCUT2D eigenvalue weighted by Crippen LogP contribution is -2.40. The number of amides is 2. The lowest BCUT2D eigenvalue weighted by molar-refractivity contribution is 0.236. The lowest BCUT2D eigenvalue weighted by atomic mass is 9.97. The second kappa shape index (κ2) is 7.62. The van der Waals surface area contributed by atoms with Crippen LogP contribution in [-0.4, -0.2) is 19.1 Å². The summed E-state index contributed by atoms with van der Waals surface area (Å²) in [5.41, 5.74) is 1.30. The molecule has 3 heteroatoms. The zero-order valence-corrected chi connectivity index (χ0v) is 12.1. The molecule has 0 unspecified atom stereocenters. The first-order valence-electron chi connectivity index (χ1n) is 6.71. The second-order valence-corrected chi connectivity index (χ2v) is 5.77. The van der Waals surface area contributed by atoms with Crippen LogP contribution in [0.15, 0.2) is 36.4 Å². The summed E-state index contributed by atoms with van der Waals surface area (Å²) in [5.74, 6) is 0. The number of hydrogen-bond donors (Lipinski definition) is 2. The Hall–Kier alpha value is -1.77. The molecular formula is C16H24N2O. The molecule has 0 aromatic heterocycles. The molecular weight excluding hydrogens is 236 g/mol. The minimum atomic E-state index is -0.0944. The van der Waals surface area contributed by atoms with Crippen LogP contribution in [0.3, 0.4) is 0 Å². The minimum absolute atomic E-state index is 0.0944. The third-order valence-electron chi connectivity index (χ3n) is 2.49. The highest BCUT2D eigenvalue weighted by Gasteiger charge is 2.10. The SMILES string of the molecule is CC(C)(C)CNC(=O)NCC/C=C/c1ccccc1. The Morgan fingerprint density at radius 3 is 2.47 bits per heavy atom. The zero-order chi connectivity index (χ0) is 14.1. The van der Waals surface area contributed by atoms with Gasteiger partial charge in [-0.15, -0.1) is 0 Å². The summed E-state index contributed by atoms with van der Waals surface area (Å²) in [6, 6.07) is 10.0. The molecule has 1 aromatic rings. The van der Waals surface area contributed by atoms with Gasteiger partial charge >= 0.3 is 6.03 Å². The average Bonchev–Trinajstić information content (AvgIpc) is 2.36. The highest BCUT2D eigenvalue weighted by atomic mass is 16.2. The Morgan fingerprint density at radius 2 is 1.84 bits per heavy atom. The van der Waals surface area contributed by atoms with Crippen LogP contribution in [0.1, 0.15) is 32.8 Å². The molecule has 0 aliphatic carbocycles. The monoisotopic (exact) mass is 260 g/mol. The highest BCUT2D eigenvalue weighted by molar-refractivity contribution is 5.73. The average molecular weight is 260 g/mol. The molecule has 19 heavy (non-hydrogen) atoms. The van der Waals surface area contributed by atoms with Gasteiger partial charge < -0.3 is 10.6 Å². The molecule has 0 bridgehead atoms. The van der Waals surface area contributed by atoms with Crippen molar-refractivity contribution in [1.29, 1.82) is 0 Å². The Morgan fingerprint density at radius 1 is 1.16 bits per heavy atom. The predicted molar refractivity (Wildman–Crippen MR) is 80.9 cm³/mol. The van der Waals surface area contributed by atoms with Gasteiger partial charge in [0, 0.05) is 13.1 Å². The Kier molecular flexibility index (Phi) is 6.13. The van der Waals surface area contributed by atoms with Crippen molar-refractivity contribution >= 4 is 12.1 Å². The van der Waals surface area contributed by atoms with Crippen molar-refractivity contribution in [2.45, 2.75) is 27.2 Å². The fraction of sp³-hybridized carbons (Fsp3) is 0.438. The Labute approximate surface area is 116 Å². The van der Waals surface area contributed by atoms with Crippen molar-refractivity contribution in [2.75, 3.05) is 13.1 Å². The van der Waals surface area contributed by atoms with Gasteiger partial charge in [-0.1, -0.05) is 63.3 Å². The summed E-state index contributed by atoms with van der Waals surface area (Å²) < 4.78 is 0. The van der Waals surface area contributed by atoms with E-state index in [0.29, 0.717) is 13.1 Å². The van der Waals surface area contributed by atoms with Gasteiger partial charge in [0.15, 0.2) is 0 Å². The van der Waals surface area contributed by atoms with E-state index in [-0.39, 0.29) is 11.4 Å². The molecule has 1 rings (SSSR count). The maximum Gasteiger partial charge on any atom is 0.314 e. The molecule has 1 aromatic carbocycles. The summed E-state index contributed by atoms with van der Waals surface area (Å²) in [5, 5.41) is 5.70. The normalized spacial score (nSPS) is 11.5. The number of nitrogens with one attached hydrogen (secondary N) is 2. The number of benzene rings is 1. The van der Waals surface area contributed by atoms with E-state index >= 15 is 0 Å². The molecule has 0 saturated carbocycles. The van der Waals surface area contributed by atoms with Gasteiger partial charge in [0.2, 0.25) is 0 Å². The van der Waals surface area contributed by atoms with Crippen molar-refractivity contribution in [1.82, 2.24) is 10.6 Å². The topological polar surface area (TPSA) is 41.1 Å². The van der Waals surface area contributed by atoms with E-state index in [0.717, 1.165) is 6.42 Å². The van der Waals surface area contributed by atoms with Gasteiger partial charge in [-0.05, 0) is 17.4 Å². The Bertz CT molecular complexity index is 405. The minimum Gasteiger partial charge on any atom is -0.338 e. The van der Waals surface area contributed by atoms with Crippen LogP contribution in [-0.2, 0) is 0 Å². The molecule has 104 valence electrons. The van der Waals surface area contributed by atoms with Crippen LogP contribution in [0.4, 0.5) is 4.79 Å². The summed E-state index contributed by atoms with van der Waals surface area (Å²) in [6.45, 7) is 7.61. The standard InChI is InChI=1S/C16H24N2O/c1-16(2,3)13-18-15(19)17-12-8-7-11-14-9-5-4-6-10-14/h4-7,9-11H,8,12-13H2,1-3H3,(H2,17,18,19)/b11-7+. The number of carbonyl (C=O) groups is 1. The highest BCUT2D eigenvalue weighted by Crippen LogP contribution is 2.09. The predicted octanol–water partition coefficient (Wildman–Crippen LogP) is 3.44. The van der Waals surface area contributed by atoms with E-state index in [1.807, 2.05) is 18.2 Å². The van der Waals surface area contributed by atoms with Crippen molar-refractivity contribution in [3.8, 4) is 0 Å². The van der Waals surface area contributed by atoms with Crippen LogP contribution < -0.4 is 10.6 Å². The van der Waals surface area contributed by atoms with Gasteiger partial charge in [-0.25, -0.2) is 4.79 Å². The molecule has 2 amide bonds. The van der Waals surface area contributed by atoms with Gasteiger partial charge in [0.05, 0.1) is 0 Å². The van der Waals surface area contributed by atoms with Crippen molar-refractivity contribution < 1.29 is 4.79 Å². The summed E-state index contributed by atoms with van der Waals surface area (Å²) in [7, 11) is 0. The van der Waals surface area contributed by atoms with E-state index in [2.05, 4.69) is 55.7 Å². The van der Waals surface area contributed by atoms with Gasteiger partial charge in [-0.2, -0.15) is 0 Å². The quantitative estimate of drug-likeness (QED) is 0.782. The van der Waals surface area contributed by atoms with E-state index in [4.69, 9.17) is 0 Å². The van der Waals surface area contributed by atoms with Crippen LogP contribution in [0.25, 0.3) is 6.08 Å². The van der Waals surface area contributed by atoms with Crippen LogP contribution in [0.5, 0.6) is 0 Å². The third-order valence-corrected chi connectivity index (χ3v) is 2.49. The fourth-order valence-electron chi connectivity index (χ4n) is 1.46. The van der Waals surface area contributed by atoms with Gasteiger partial charge in [0.1, 0.15) is 0 Å². The third kappa shape index (κ3) is 8.03. The van der Waals surface area contributed by atoms with Crippen LogP contribution >= 0.6 is 0 Å². The van der Waals surface area contributed by atoms with Crippen molar-refractivity contribution in [3.63, 3.8) is 0 Å². The first kappa shape index (κ1) is 15.3. The van der Waals surface area contributed by atoms with Crippen molar-refractivity contribution in [2.24, 2.45) is 5.41 Å². The van der Waals surface area contributed by atoms with Crippen LogP contribution in [0, 0.1) is 5.41 Å². The number of hydrogen-bond acceptors (Lipinski definition) is 1. The Balaban J connectivity index is 2.14. The van der Waals surface area contributed by atoms with E-state index in [1.165, 1.54) is 5.56 Å².